The zero-order valence-electron chi connectivity index (χ0n) is 23.4. The molecule has 0 spiro atoms. The van der Waals surface area contributed by atoms with Crippen molar-refractivity contribution in [1.82, 2.24) is 19.1 Å². The fraction of sp³-hybridized carbons (Fsp3) is 0.212. The Morgan fingerprint density at radius 3 is 1.37 bits per heavy atom. The molecule has 208 valence electrons. The number of para-hydroxylation sites is 6. The second kappa shape index (κ2) is 12.7. The van der Waals surface area contributed by atoms with Crippen molar-refractivity contribution in [3.8, 4) is 0 Å². The maximum Gasteiger partial charge on any atom is 0.210 e. The van der Waals surface area contributed by atoms with Crippen LogP contribution < -0.4 is 9.80 Å². The van der Waals surface area contributed by atoms with Gasteiger partial charge in [0.1, 0.15) is 0 Å². The number of aryl methyl sites for hydroxylation is 2. The first-order chi connectivity index (χ1) is 20.2. The van der Waals surface area contributed by atoms with E-state index in [1.165, 1.54) is 11.0 Å². The van der Waals surface area contributed by atoms with E-state index in [0.717, 1.165) is 64.0 Å². The maximum absolute atomic E-state index is 4.98. The molecular formula is C33H34N6S2. The highest BCUT2D eigenvalue weighted by Crippen LogP contribution is 2.29. The molecule has 6 nitrogen and oxygen atoms in total. The minimum absolute atomic E-state index is 0.913. The number of rotatable bonds is 12. The molecule has 0 aliphatic carbocycles. The SMILES string of the molecule is CN(c1ccccc1)c1nc2ccccc2n1CCSCSCCn1c(N(C)c2ccccc2)nc2ccccc21. The summed E-state index contributed by atoms with van der Waals surface area (Å²) < 4.78 is 4.70. The summed E-state index contributed by atoms with van der Waals surface area (Å²) in [4.78, 5) is 14.3. The molecule has 6 rings (SSSR count). The molecule has 0 atom stereocenters. The van der Waals surface area contributed by atoms with E-state index in [4.69, 9.17) is 9.97 Å². The molecule has 0 saturated heterocycles. The number of hydrogen-bond acceptors (Lipinski definition) is 6. The summed E-state index contributed by atoms with van der Waals surface area (Å²) in [5.41, 5.74) is 6.70. The molecule has 0 unspecified atom stereocenters. The monoisotopic (exact) mass is 578 g/mol. The third-order valence-electron chi connectivity index (χ3n) is 7.24. The number of fused-ring (bicyclic) bond motifs is 2. The lowest BCUT2D eigenvalue weighted by molar-refractivity contribution is 0.785. The molecule has 2 aromatic heterocycles. The Kier molecular flexibility index (Phi) is 8.49. The molecule has 0 bridgehead atoms. The Hall–Kier alpha value is -3.88. The number of benzene rings is 4. The highest BCUT2D eigenvalue weighted by molar-refractivity contribution is 8.15. The smallest absolute Gasteiger partial charge is 0.210 e. The average Bonchev–Trinajstić information content (AvgIpc) is 3.59. The molecule has 0 amide bonds. The van der Waals surface area contributed by atoms with Gasteiger partial charge in [0.25, 0.3) is 0 Å². The summed E-state index contributed by atoms with van der Waals surface area (Å²) in [6, 6.07) is 37.7. The van der Waals surface area contributed by atoms with Gasteiger partial charge in [-0.1, -0.05) is 60.7 Å². The molecule has 0 N–H and O–H groups in total. The largest absolute Gasteiger partial charge is 0.315 e. The Morgan fingerprint density at radius 1 is 0.537 bits per heavy atom. The summed E-state index contributed by atoms with van der Waals surface area (Å²) >= 11 is 3.97. The van der Waals surface area contributed by atoms with Crippen LogP contribution in [0, 0.1) is 0 Å². The molecule has 0 aliphatic rings. The lowest BCUT2D eigenvalue weighted by atomic mass is 10.3. The topological polar surface area (TPSA) is 42.1 Å². The zero-order valence-corrected chi connectivity index (χ0v) is 25.1. The van der Waals surface area contributed by atoms with Crippen LogP contribution in [0.15, 0.2) is 109 Å². The second-order valence-corrected chi connectivity index (χ2v) is 12.4. The first kappa shape index (κ1) is 27.3. The number of imidazole rings is 2. The van der Waals surface area contributed by atoms with Crippen LogP contribution in [0.2, 0.25) is 0 Å². The van der Waals surface area contributed by atoms with Gasteiger partial charge in [-0.2, -0.15) is 0 Å². The van der Waals surface area contributed by atoms with Crippen LogP contribution in [-0.2, 0) is 13.1 Å². The van der Waals surface area contributed by atoms with Crippen molar-refractivity contribution in [3.05, 3.63) is 109 Å². The van der Waals surface area contributed by atoms with E-state index >= 15 is 0 Å². The Morgan fingerprint density at radius 2 is 0.927 bits per heavy atom. The van der Waals surface area contributed by atoms with Crippen LogP contribution in [0.25, 0.3) is 22.1 Å². The lowest BCUT2D eigenvalue weighted by Gasteiger charge is -2.20. The minimum Gasteiger partial charge on any atom is -0.315 e. The number of anilines is 4. The van der Waals surface area contributed by atoms with Crippen molar-refractivity contribution in [2.24, 2.45) is 0 Å². The summed E-state index contributed by atoms with van der Waals surface area (Å²) in [6.45, 7) is 1.83. The predicted octanol–water partition coefficient (Wildman–Crippen LogP) is 8.05. The Labute approximate surface area is 250 Å². The van der Waals surface area contributed by atoms with Gasteiger partial charge in [-0.05, 0) is 48.5 Å². The Balaban J connectivity index is 1.08. The van der Waals surface area contributed by atoms with Gasteiger partial charge in [-0.15, -0.1) is 23.5 Å². The van der Waals surface area contributed by atoms with Crippen molar-refractivity contribution in [1.29, 1.82) is 0 Å². The minimum atomic E-state index is 0.913. The second-order valence-electron chi connectivity index (χ2n) is 9.83. The maximum atomic E-state index is 4.98. The van der Waals surface area contributed by atoms with Gasteiger partial charge in [-0.25, -0.2) is 9.97 Å². The van der Waals surface area contributed by atoms with E-state index in [1.54, 1.807) is 0 Å². The van der Waals surface area contributed by atoms with Crippen LogP contribution in [0.4, 0.5) is 23.3 Å². The molecule has 2 heterocycles. The molecule has 0 radical (unpaired) electrons. The van der Waals surface area contributed by atoms with Crippen molar-refractivity contribution in [2.75, 3.05) is 40.5 Å². The van der Waals surface area contributed by atoms with Crippen LogP contribution >= 0.6 is 23.5 Å². The third-order valence-corrected chi connectivity index (χ3v) is 9.52. The van der Waals surface area contributed by atoms with Crippen molar-refractivity contribution in [3.63, 3.8) is 0 Å². The summed E-state index contributed by atoms with van der Waals surface area (Å²) in [5.74, 6) is 4.01. The van der Waals surface area contributed by atoms with Crippen LogP contribution in [0.5, 0.6) is 0 Å². The number of aromatic nitrogens is 4. The summed E-state index contributed by atoms with van der Waals surface area (Å²) in [5, 5.41) is 1.05. The Bertz CT molecular complexity index is 1590. The molecule has 4 aromatic carbocycles. The summed E-state index contributed by atoms with van der Waals surface area (Å²) in [7, 11) is 4.19. The first-order valence-electron chi connectivity index (χ1n) is 13.8. The van der Waals surface area contributed by atoms with E-state index in [1.807, 2.05) is 35.7 Å². The first-order valence-corrected chi connectivity index (χ1v) is 16.2. The zero-order chi connectivity index (χ0) is 28.0. The molecule has 0 fully saturated rings. The van der Waals surface area contributed by atoms with Crippen LogP contribution in [0.3, 0.4) is 0 Å². The standard InChI is InChI=1S/C33H34N6S2/c1-36(26-13-5-3-6-14-26)32-34-28-17-9-11-19-30(28)38(32)21-23-40-25-41-24-22-39-31-20-12-10-18-29(31)35-33(39)37(2)27-15-7-4-8-16-27/h3-20H,21-25H2,1-2H3. The van der Waals surface area contributed by atoms with Gasteiger partial charge in [0.15, 0.2) is 0 Å². The van der Waals surface area contributed by atoms with Crippen LogP contribution in [-0.4, -0.2) is 49.8 Å². The van der Waals surface area contributed by atoms with Gasteiger partial charge in [-0.3, -0.25) is 0 Å². The van der Waals surface area contributed by atoms with Crippen molar-refractivity contribution < 1.29 is 0 Å². The highest BCUT2D eigenvalue weighted by Gasteiger charge is 2.17. The van der Waals surface area contributed by atoms with E-state index in [-0.39, 0.29) is 0 Å². The molecule has 0 saturated carbocycles. The van der Waals surface area contributed by atoms with E-state index in [0.29, 0.717) is 0 Å². The van der Waals surface area contributed by atoms with Gasteiger partial charge in [0.05, 0.1) is 22.1 Å². The van der Waals surface area contributed by atoms with Gasteiger partial charge >= 0.3 is 0 Å². The number of thioether (sulfide) groups is 2. The van der Waals surface area contributed by atoms with Crippen molar-refractivity contribution >= 4 is 68.9 Å². The molecule has 6 aromatic rings. The van der Waals surface area contributed by atoms with E-state index in [9.17, 15) is 0 Å². The van der Waals surface area contributed by atoms with E-state index < -0.39 is 0 Å². The van der Waals surface area contributed by atoms with Gasteiger partial charge in [0.2, 0.25) is 11.9 Å². The molecule has 0 aliphatic heterocycles. The number of hydrogen-bond donors (Lipinski definition) is 0. The predicted molar refractivity (Wildman–Crippen MR) is 178 cm³/mol. The van der Waals surface area contributed by atoms with Gasteiger partial charge < -0.3 is 18.9 Å². The lowest BCUT2D eigenvalue weighted by Crippen LogP contribution is -2.16. The van der Waals surface area contributed by atoms with Crippen molar-refractivity contribution in [2.45, 2.75) is 13.1 Å². The number of nitrogens with zero attached hydrogens (tertiary/aromatic N) is 6. The van der Waals surface area contributed by atoms with E-state index in [2.05, 4.69) is 130 Å². The summed E-state index contributed by atoms with van der Waals surface area (Å²) in [6.07, 6.45) is 0. The van der Waals surface area contributed by atoms with Gasteiger partial charge in [0, 0.05) is 55.2 Å². The average molecular weight is 579 g/mol. The fourth-order valence-corrected chi connectivity index (χ4v) is 7.14. The molecule has 8 heteroatoms. The normalized spacial score (nSPS) is 11.4. The molecular weight excluding hydrogens is 545 g/mol. The third kappa shape index (κ3) is 5.94. The van der Waals surface area contributed by atoms with Crippen LogP contribution in [0.1, 0.15) is 0 Å². The fourth-order valence-electron chi connectivity index (χ4n) is 5.10. The molecule has 41 heavy (non-hydrogen) atoms. The highest BCUT2D eigenvalue weighted by atomic mass is 32.2. The quantitative estimate of drug-likeness (QED) is 0.108.